The van der Waals surface area contributed by atoms with Crippen molar-refractivity contribution in [2.24, 2.45) is 0 Å². The second-order valence-corrected chi connectivity index (χ2v) is 19.5. The second-order valence-electron chi connectivity index (χ2n) is 18.5. The quantitative estimate of drug-likeness (QED) is 0.0916. The summed E-state index contributed by atoms with van der Waals surface area (Å²) in [4.78, 5) is 10.2. The van der Waals surface area contributed by atoms with Crippen LogP contribution in [0.3, 0.4) is 0 Å². The van der Waals surface area contributed by atoms with Crippen LogP contribution in [0.5, 0.6) is 0 Å². The third kappa shape index (κ3) is 8.51. The maximum atomic E-state index is 14.6. The average Bonchev–Trinajstić information content (AvgIpc) is 4.34. The minimum atomic E-state index is -1.39. The molecule has 14 aromatic rings. The lowest BCUT2D eigenvalue weighted by Crippen LogP contribution is -1.98. The van der Waals surface area contributed by atoms with Crippen molar-refractivity contribution in [3.63, 3.8) is 0 Å². The summed E-state index contributed by atoms with van der Waals surface area (Å²) in [6, 6.07) is 60.2. The molecule has 0 spiro atoms. The Balaban J connectivity index is 0.000000150. The third-order valence-corrected chi connectivity index (χ3v) is 15.0. The Kier molecular flexibility index (Phi) is 12.1. The van der Waals surface area contributed by atoms with Crippen LogP contribution in [0.4, 0.5) is 22.0 Å². The van der Waals surface area contributed by atoms with E-state index in [4.69, 9.17) is 20.5 Å². The van der Waals surface area contributed by atoms with E-state index in [9.17, 15) is 22.0 Å². The van der Waals surface area contributed by atoms with Gasteiger partial charge in [-0.05, 0) is 93.5 Å². The number of pyridine rings is 2. The largest absolute Gasteiger partial charge is 0.247 e. The number of nitriles is 2. The van der Waals surface area contributed by atoms with Crippen LogP contribution in [0, 0.1) is 51.7 Å². The fraction of sp³-hybridized carbons (Fsp3) is 0. The molecule has 14 rings (SSSR count). The van der Waals surface area contributed by atoms with Crippen molar-refractivity contribution in [3.05, 3.63) is 228 Å². The summed E-state index contributed by atoms with van der Waals surface area (Å²) in [6.07, 6.45) is 0. The summed E-state index contributed by atoms with van der Waals surface area (Å²) in [5, 5.41) is 23.8. The molecule has 79 heavy (non-hydrogen) atoms. The molecule has 0 unspecified atom stereocenters. The molecule has 8 nitrogen and oxygen atoms in total. The van der Waals surface area contributed by atoms with Gasteiger partial charge in [-0.2, -0.15) is 28.0 Å². The van der Waals surface area contributed by atoms with Gasteiger partial charge in [-0.3, -0.25) is 0 Å². The molecule has 4 heterocycles. The van der Waals surface area contributed by atoms with Gasteiger partial charge < -0.3 is 0 Å². The van der Waals surface area contributed by atoms with E-state index in [1.54, 1.807) is 18.2 Å². The van der Waals surface area contributed by atoms with Crippen molar-refractivity contribution < 1.29 is 22.0 Å². The van der Waals surface area contributed by atoms with Crippen LogP contribution in [0.15, 0.2) is 188 Å². The molecule has 0 aliphatic carbocycles. The second kappa shape index (κ2) is 19.7. The number of rotatable bonds is 6. The predicted octanol–water partition coefficient (Wildman–Crippen LogP) is 17.2. The van der Waals surface area contributed by atoms with E-state index in [1.807, 2.05) is 115 Å². The first-order valence-electron chi connectivity index (χ1n) is 24.4. The molecule has 15 heteroatoms. The molecule has 0 fully saturated rings. The first-order valence-corrected chi connectivity index (χ1v) is 25.9. The normalized spacial score (nSPS) is 11.3. The molecule has 0 aliphatic heterocycles. The molecule has 0 radical (unpaired) electrons. The van der Waals surface area contributed by atoms with Gasteiger partial charge in [0.1, 0.15) is 57.2 Å². The van der Waals surface area contributed by atoms with Gasteiger partial charge in [0.25, 0.3) is 0 Å². The molecule has 0 amide bonds. The maximum absolute atomic E-state index is 14.6. The Morgan fingerprint density at radius 3 is 1.23 bits per heavy atom. The molecule has 374 valence electrons. The predicted molar refractivity (Wildman–Crippen MR) is 302 cm³/mol. The van der Waals surface area contributed by atoms with E-state index < -0.39 is 45.8 Å². The number of halogens is 5. The highest BCUT2D eigenvalue weighted by Gasteiger charge is 2.22. The number of nitrogens with zero attached hydrogens (tertiary/aromatic N) is 8. The summed E-state index contributed by atoms with van der Waals surface area (Å²) < 4.78 is 89.7. The molecule has 4 aromatic heterocycles. The zero-order chi connectivity index (χ0) is 53.9. The molecular formula is C64H31F5N8S2. The Morgan fingerprint density at radius 1 is 0.342 bits per heavy atom. The number of benzene rings is 10. The van der Waals surface area contributed by atoms with E-state index in [0.717, 1.165) is 110 Å². The van der Waals surface area contributed by atoms with Crippen molar-refractivity contribution in [1.82, 2.24) is 27.5 Å². The van der Waals surface area contributed by atoms with Crippen LogP contribution >= 0.6 is 23.5 Å². The van der Waals surface area contributed by atoms with Crippen LogP contribution in [0.2, 0.25) is 0 Å². The standard InChI is InChI=1S/C32H15F3N4S.C32H16F2N4S/c33-24-14-21(16-36)29(34)30(35)27(24)18-8-6-17(7-9-18)20-10-11-22-26(15-20)37-31(19-4-2-1-3-5-19)23-12-13-25-32(28(22)23)39-40-38-25;33-26-14-22(15-27(34)25(26)17-35)19-8-6-18(7-9-19)21-10-11-23-29(16-21)36-31(20-4-2-1-3-5-20)24-12-13-28-32(30(23)24)38-39-37-28/h1-15H;1-16H. The van der Waals surface area contributed by atoms with E-state index in [-0.39, 0.29) is 5.56 Å². The molecule has 10 aromatic carbocycles. The monoisotopic (exact) mass is 1070 g/mol. The topological polar surface area (TPSA) is 125 Å². The highest BCUT2D eigenvalue weighted by molar-refractivity contribution is 7.00. The van der Waals surface area contributed by atoms with Crippen LogP contribution in [0.1, 0.15) is 11.1 Å². The van der Waals surface area contributed by atoms with Gasteiger partial charge in [-0.1, -0.05) is 133 Å². The molecule has 0 bridgehead atoms. The summed E-state index contributed by atoms with van der Waals surface area (Å²) in [5.41, 5.74) is 11.6. The Bertz CT molecular complexity index is 4840. The third-order valence-electron chi connectivity index (χ3n) is 14.0. The fourth-order valence-electron chi connectivity index (χ4n) is 10.1. The molecule has 0 N–H and O–H groups in total. The number of aromatic nitrogens is 6. The lowest BCUT2D eigenvalue weighted by Gasteiger charge is -2.12. The van der Waals surface area contributed by atoms with Crippen molar-refractivity contribution in [2.45, 2.75) is 0 Å². The molecule has 0 aliphatic rings. The minimum absolute atomic E-state index is 0.164. The molecule has 0 saturated carbocycles. The van der Waals surface area contributed by atoms with Crippen molar-refractivity contribution >= 4 is 88.9 Å². The maximum Gasteiger partial charge on any atom is 0.177 e. The van der Waals surface area contributed by atoms with Crippen LogP contribution in [0.25, 0.3) is 132 Å². The molecule has 0 atom stereocenters. The number of hydrogen-bond acceptors (Lipinski definition) is 10. The highest BCUT2D eigenvalue weighted by Crippen LogP contribution is 2.41. The Hall–Kier alpha value is -10.2. The lowest BCUT2D eigenvalue weighted by atomic mass is 9.95. The lowest BCUT2D eigenvalue weighted by molar-refractivity contribution is 0.496. The molecule has 0 saturated heterocycles. The number of hydrogen-bond donors (Lipinski definition) is 0. The SMILES string of the molecule is N#Cc1c(F)cc(-c2ccc(-c3ccc4c(c3)nc(-c3ccccc3)c3ccc5nsnc5c34)cc2)cc1F.N#Cc1cc(F)c(-c2ccc(-c3ccc4c(c3)nc(-c3ccccc3)c3ccc5nsnc5c34)cc2)c(F)c1F. The van der Waals surface area contributed by atoms with Gasteiger partial charge in [0.05, 0.1) is 57.0 Å². The highest BCUT2D eigenvalue weighted by atomic mass is 32.1. The summed E-state index contributed by atoms with van der Waals surface area (Å²) in [6.45, 7) is 0. The summed E-state index contributed by atoms with van der Waals surface area (Å²) in [5.74, 6) is -5.50. The first-order chi connectivity index (χ1) is 38.6. The Labute approximate surface area is 453 Å². The summed E-state index contributed by atoms with van der Waals surface area (Å²) in [7, 11) is 0. The van der Waals surface area contributed by atoms with Crippen LogP contribution < -0.4 is 0 Å². The van der Waals surface area contributed by atoms with E-state index in [2.05, 4.69) is 47.8 Å². The smallest absolute Gasteiger partial charge is 0.177 e. The zero-order valence-corrected chi connectivity index (χ0v) is 42.3. The van der Waals surface area contributed by atoms with Gasteiger partial charge in [-0.15, -0.1) is 0 Å². The minimum Gasteiger partial charge on any atom is -0.247 e. The van der Waals surface area contributed by atoms with Gasteiger partial charge in [0.2, 0.25) is 0 Å². The summed E-state index contributed by atoms with van der Waals surface area (Å²) >= 11 is 2.37. The first kappa shape index (κ1) is 48.5. The fourth-order valence-corrected chi connectivity index (χ4v) is 11.2. The van der Waals surface area contributed by atoms with Gasteiger partial charge in [0.15, 0.2) is 11.6 Å². The van der Waals surface area contributed by atoms with Crippen LogP contribution in [-0.4, -0.2) is 27.5 Å². The van der Waals surface area contributed by atoms with E-state index >= 15 is 0 Å². The molecular weight excluding hydrogens is 1040 g/mol. The van der Waals surface area contributed by atoms with E-state index in [1.165, 1.54) is 53.8 Å². The average molecular weight is 1070 g/mol. The van der Waals surface area contributed by atoms with Gasteiger partial charge in [-0.25, -0.2) is 31.9 Å². The Morgan fingerprint density at radius 2 is 0.772 bits per heavy atom. The van der Waals surface area contributed by atoms with Crippen molar-refractivity contribution in [1.29, 1.82) is 10.5 Å². The number of fused-ring (bicyclic) bond motifs is 10. The van der Waals surface area contributed by atoms with Crippen molar-refractivity contribution in [2.75, 3.05) is 0 Å². The van der Waals surface area contributed by atoms with Crippen molar-refractivity contribution in [3.8, 4) is 79.2 Å². The van der Waals surface area contributed by atoms with Gasteiger partial charge >= 0.3 is 0 Å². The zero-order valence-electron chi connectivity index (χ0n) is 40.7. The van der Waals surface area contributed by atoms with E-state index in [0.29, 0.717) is 17.2 Å². The van der Waals surface area contributed by atoms with Crippen LogP contribution in [-0.2, 0) is 0 Å². The van der Waals surface area contributed by atoms with Gasteiger partial charge in [0, 0.05) is 43.4 Å².